The molecule has 0 spiro atoms. The van der Waals surface area contributed by atoms with Gasteiger partial charge in [0.15, 0.2) is 0 Å². The van der Waals surface area contributed by atoms with Gasteiger partial charge in [-0.05, 0) is 38.5 Å². The molecule has 2 atom stereocenters. The predicted molar refractivity (Wildman–Crippen MR) is 75.4 cm³/mol. The zero-order valence-electron chi connectivity index (χ0n) is 12.6. The molecule has 0 aromatic heterocycles. The SMILES string of the molecule is CC(C)(C)OC(=O)N1CC[C@@]2(c3cccc(F)c3)O[C@@H]2C1. The highest BCUT2D eigenvalue weighted by Gasteiger charge is 2.60. The molecule has 0 N–H and O–H groups in total. The Balaban J connectivity index is 1.67. The summed E-state index contributed by atoms with van der Waals surface area (Å²) < 4.78 is 24.5. The van der Waals surface area contributed by atoms with E-state index in [-0.39, 0.29) is 18.0 Å². The highest BCUT2D eigenvalue weighted by atomic mass is 19.1. The summed E-state index contributed by atoms with van der Waals surface area (Å²) >= 11 is 0. The largest absolute Gasteiger partial charge is 0.444 e. The third-order valence-corrected chi connectivity index (χ3v) is 3.92. The van der Waals surface area contributed by atoms with Gasteiger partial charge in [0.1, 0.15) is 23.1 Å². The number of likely N-dealkylation sites (tertiary alicyclic amines) is 1. The molecule has 1 aromatic rings. The van der Waals surface area contributed by atoms with Crippen LogP contribution in [0.4, 0.5) is 9.18 Å². The molecule has 1 amide bonds. The number of fused-ring (bicyclic) bond motifs is 1. The molecule has 2 fully saturated rings. The van der Waals surface area contributed by atoms with Gasteiger partial charge in [-0.2, -0.15) is 0 Å². The number of halogens is 1. The summed E-state index contributed by atoms with van der Waals surface area (Å²) in [5.74, 6) is -0.259. The van der Waals surface area contributed by atoms with Crippen LogP contribution in [0.3, 0.4) is 0 Å². The molecule has 5 heteroatoms. The highest BCUT2D eigenvalue weighted by molar-refractivity contribution is 5.68. The molecule has 3 rings (SSSR count). The van der Waals surface area contributed by atoms with Crippen LogP contribution in [0.2, 0.25) is 0 Å². The summed E-state index contributed by atoms with van der Waals surface area (Å²) in [7, 11) is 0. The lowest BCUT2D eigenvalue weighted by Gasteiger charge is -2.31. The van der Waals surface area contributed by atoms with E-state index in [2.05, 4.69) is 0 Å². The molecule has 4 nitrogen and oxygen atoms in total. The molecule has 0 saturated carbocycles. The van der Waals surface area contributed by atoms with Crippen LogP contribution >= 0.6 is 0 Å². The van der Waals surface area contributed by atoms with Gasteiger partial charge in [0, 0.05) is 13.0 Å². The maximum absolute atomic E-state index is 13.4. The van der Waals surface area contributed by atoms with E-state index >= 15 is 0 Å². The van der Waals surface area contributed by atoms with Crippen molar-refractivity contribution in [3.63, 3.8) is 0 Å². The minimum Gasteiger partial charge on any atom is -0.444 e. The van der Waals surface area contributed by atoms with Gasteiger partial charge in [-0.3, -0.25) is 0 Å². The fourth-order valence-electron chi connectivity index (χ4n) is 2.86. The van der Waals surface area contributed by atoms with Gasteiger partial charge < -0.3 is 14.4 Å². The molecule has 1 aromatic carbocycles. The smallest absolute Gasteiger partial charge is 0.410 e. The number of nitrogens with zero attached hydrogens (tertiary/aromatic N) is 1. The molecule has 0 unspecified atom stereocenters. The Hall–Kier alpha value is -1.62. The van der Waals surface area contributed by atoms with Gasteiger partial charge in [0.05, 0.1) is 6.54 Å². The number of ether oxygens (including phenoxy) is 2. The van der Waals surface area contributed by atoms with Crippen LogP contribution in [0.1, 0.15) is 32.8 Å². The second-order valence-corrected chi connectivity index (χ2v) is 6.68. The zero-order valence-corrected chi connectivity index (χ0v) is 12.6. The fourth-order valence-corrected chi connectivity index (χ4v) is 2.86. The quantitative estimate of drug-likeness (QED) is 0.747. The molecule has 21 heavy (non-hydrogen) atoms. The first-order chi connectivity index (χ1) is 9.80. The van der Waals surface area contributed by atoms with Crippen LogP contribution in [0.15, 0.2) is 24.3 Å². The molecule has 2 heterocycles. The van der Waals surface area contributed by atoms with Crippen LogP contribution in [0.25, 0.3) is 0 Å². The highest BCUT2D eigenvalue weighted by Crippen LogP contribution is 2.52. The lowest BCUT2D eigenvalue weighted by molar-refractivity contribution is 0.0217. The fraction of sp³-hybridized carbons (Fsp3) is 0.562. The van der Waals surface area contributed by atoms with Crippen LogP contribution in [0, 0.1) is 5.82 Å². The van der Waals surface area contributed by atoms with Crippen molar-refractivity contribution in [3.05, 3.63) is 35.6 Å². The summed E-state index contributed by atoms with van der Waals surface area (Å²) in [6.07, 6.45) is 0.284. The molecular weight excluding hydrogens is 273 g/mol. The van der Waals surface area contributed by atoms with E-state index in [9.17, 15) is 9.18 Å². The molecule has 2 saturated heterocycles. The number of benzene rings is 1. The topological polar surface area (TPSA) is 42.1 Å². The van der Waals surface area contributed by atoms with E-state index in [0.29, 0.717) is 19.5 Å². The van der Waals surface area contributed by atoms with Gasteiger partial charge in [-0.15, -0.1) is 0 Å². The Morgan fingerprint density at radius 1 is 1.48 bits per heavy atom. The lowest BCUT2D eigenvalue weighted by atomic mass is 9.89. The molecule has 2 aliphatic heterocycles. The Bertz CT molecular complexity index is 569. The van der Waals surface area contributed by atoms with Crippen molar-refractivity contribution in [2.45, 2.75) is 44.5 Å². The van der Waals surface area contributed by atoms with Gasteiger partial charge >= 0.3 is 6.09 Å². The molecule has 0 aliphatic carbocycles. The lowest BCUT2D eigenvalue weighted by Crippen LogP contribution is -2.44. The molecule has 0 bridgehead atoms. The average Bonchev–Trinajstić information content (AvgIpc) is 3.11. The summed E-state index contributed by atoms with van der Waals surface area (Å²) in [5, 5.41) is 0. The molecule has 0 radical (unpaired) electrons. The Morgan fingerprint density at radius 3 is 2.86 bits per heavy atom. The zero-order chi connectivity index (χ0) is 15.3. The third-order valence-electron chi connectivity index (χ3n) is 3.92. The van der Waals surface area contributed by atoms with Crippen molar-refractivity contribution < 1.29 is 18.7 Å². The van der Waals surface area contributed by atoms with E-state index in [4.69, 9.17) is 9.47 Å². The maximum atomic E-state index is 13.4. The van der Waals surface area contributed by atoms with Crippen LogP contribution < -0.4 is 0 Å². The normalized spacial score (nSPS) is 28.0. The second-order valence-electron chi connectivity index (χ2n) is 6.68. The number of amides is 1. The van der Waals surface area contributed by atoms with Gasteiger partial charge in [-0.25, -0.2) is 9.18 Å². The van der Waals surface area contributed by atoms with Crippen LogP contribution in [0.5, 0.6) is 0 Å². The number of hydrogen-bond donors (Lipinski definition) is 0. The van der Waals surface area contributed by atoms with Crippen molar-refractivity contribution >= 4 is 6.09 Å². The van der Waals surface area contributed by atoms with E-state index < -0.39 is 11.2 Å². The van der Waals surface area contributed by atoms with Crippen LogP contribution in [-0.2, 0) is 15.1 Å². The predicted octanol–water partition coefficient (Wildman–Crippen LogP) is 3.06. The van der Waals surface area contributed by atoms with E-state index in [1.165, 1.54) is 12.1 Å². The minimum absolute atomic E-state index is 0.0689. The first-order valence-electron chi connectivity index (χ1n) is 7.22. The summed E-state index contributed by atoms with van der Waals surface area (Å²) in [6, 6.07) is 6.51. The van der Waals surface area contributed by atoms with Crippen LogP contribution in [-0.4, -0.2) is 35.8 Å². The number of carbonyl (C=O) groups is 1. The van der Waals surface area contributed by atoms with E-state index in [1.54, 1.807) is 11.0 Å². The summed E-state index contributed by atoms with van der Waals surface area (Å²) in [5.41, 5.74) is -0.0597. The van der Waals surface area contributed by atoms with E-state index in [0.717, 1.165) is 5.56 Å². The maximum Gasteiger partial charge on any atom is 0.410 e. The van der Waals surface area contributed by atoms with Gasteiger partial charge in [-0.1, -0.05) is 12.1 Å². The molecule has 2 aliphatic rings. The number of rotatable bonds is 1. The Kier molecular flexibility index (Phi) is 3.20. The van der Waals surface area contributed by atoms with Crippen molar-refractivity contribution in [1.82, 2.24) is 4.90 Å². The van der Waals surface area contributed by atoms with Crippen molar-refractivity contribution in [2.75, 3.05) is 13.1 Å². The van der Waals surface area contributed by atoms with Gasteiger partial charge in [0.2, 0.25) is 0 Å². The number of piperidine rings is 1. The number of epoxide rings is 1. The van der Waals surface area contributed by atoms with Gasteiger partial charge in [0.25, 0.3) is 0 Å². The van der Waals surface area contributed by atoms with Crippen molar-refractivity contribution in [2.24, 2.45) is 0 Å². The van der Waals surface area contributed by atoms with Crippen molar-refractivity contribution in [1.29, 1.82) is 0 Å². The molecular formula is C16H20FNO3. The number of carbonyl (C=O) groups excluding carboxylic acids is 1. The second kappa shape index (κ2) is 4.70. The first-order valence-corrected chi connectivity index (χ1v) is 7.22. The average molecular weight is 293 g/mol. The number of hydrogen-bond acceptors (Lipinski definition) is 3. The standard InChI is InChI=1S/C16H20FNO3/c1-15(2,3)21-14(19)18-8-7-16(13(10-18)20-16)11-5-4-6-12(17)9-11/h4-6,9,13H,7-8,10H2,1-3H3/t13-,16+/m1/s1. The molecule has 114 valence electrons. The van der Waals surface area contributed by atoms with E-state index in [1.807, 2.05) is 26.8 Å². The monoisotopic (exact) mass is 293 g/mol. The van der Waals surface area contributed by atoms with Crippen molar-refractivity contribution in [3.8, 4) is 0 Å². The summed E-state index contributed by atoms with van der Waals surface area (Å²) in [4.78, 5) is 13.7. The minimum atomic E-state index is -0.501. The third kappa shape index (κ3) is 2.75. The Labute approximate surface area is 123 Å². The summed E-state index contributed by atoms with van der Waals surface area (Å²) in [6.45, 7) is 6.59. The Morgan fingerprint density at radius 2 is 2.24 bits per heavy atom. The first kappa shape index (κ1) is 14.3.